The van der Waals surface area contributed by atoms with Gasteiger partial charge in [-0.2, -0.15) is 9.90 Å². The zero-order valence-electron chi connectivity index (χ0n) is 2.83. The third kappa shape index (κ3) is 9.24. The second kappa shape index (κ2) is 21.7. The Labute approximate surface area is 58.3 Å². The van der Waals surface area contributed by atoms with Gasteiger partial charge in [0.05, 0.1) is 0 Å². The van der Waals surface area contributed by atoms with Gasteiger partial charge in [0, 0.05) is 0 Å². The molecular formula is H12AsNPSb. The Morgan fingerprint density at radius 1 is 1.00 bits per heavy atom. The summed E-state index contributed by atoms with van der Waals surface area (Å²) in [4.78, 5) is 0. The SMILES string of the molecule is N.P.[AsH3].[SbH3]. The summed E-state index contributed by atoms with van der Waals surface area (Å²) >= 11 is 0. The molecule has 0 aliphatic rings. The third-order valence-electron chi connectivity index (χ3n) is 0. The summed E-state index contributed by atoms with van der Waals surface area (Å²) in [7, 11) is 0. The fourth-order valence-corrected chi connectivity index (χ4v) is 0. The Morgan fingerprint density at radius 2 is 1.00 bits per heavy atom. The number of rotatable bonds is 0. The Balaban J connectivity index is 0. The van der Waals surface area contributed by atoms with Gasteiger partial charge in [-0.05, 0) is 0 Å². The number of hydrogen-bond acceptors (Lipinski definition) is 1. The molecule has 0 amide bonds. The van der Waals surface area contributed by atoms with E-state index in [-0.39, 0.29) is 58.4 Å². The maximum absolute atomic E-state index is 0. The molecule has 0 aromatic carbocycles. The summed E-state index contributed by atoms with van der Waals surface area (Å²) < 4.78 is 0. The first-order valence-corrected chi connectivity index (χ1v) is 0. The van der Waals surface area contributed by atoms with Crippen LogP contribution in [0.4, 0.5) is 0 Å². The van der Waals surface area contributed by atoms with Crippen molar-refractivity contribution in [2.24, 2.45) is 0 Å². The molecule has 0 saturated heterocycles. The molecule has 0 fully saturated rings. The fourth-order valence-electron chi connectivity index (χ4n) is 0. The van der Waals surface area contributed by atoms with Gasteiger partial charge in [-0.15, -0.1) is 0 Å². The van der Waals surface area contributed by atoms with Crippen molar-refractivity contribution < 1.29 is 0 Å². The first-order chi connectivity index (χ1) is 0. The topological polar surface area (TPSA) is 35.0 Å². The molecule has 0 rings (SSSR count). The second-order valence-corrected chi connectivity index (χ2v) is 0. The van der Waals surface area contributed by atoms with Crippen molar-refractivity contribution in [2.75, 3.05) is 0 Å². The van der Waals surface area contributed by atoms with Crippen LogP contribution in [0.1, 0.15) is 0 Å². The predicted octanol–water partition coefficient (Wildman–Crippen LogP) is -2.15. The summed E-state index contributed by atoms with van der Waals surface area (Å²) in [6.45, 7) is 0. The molecule has 2 atom stereocenters. The van der Waals surface area contributed by atoms with Crippen molar-refractivity contribution in [1.29, 1.82) is 0 Å². The summed E-state index contributed by atoms with van der Waals surface area (Å²) in [5.74, 6) is 0. The minimum atomic E-state index is 0. The van der Waals surface area contributed by atoms with Crippen LogP contribution >= 0.6 is 9.90 Å². The van der Waals surface area contributed by atoms with E-state index in [1.165, 1.54) is 0 Å². The van der Waals surface area contributed by atoms with Gasteiger partial charge in [-0.3, -0.25) is 0 Å². The maximum atomic E-state index is 0. The van der Waals surface area contributed by atoms with E-state index in [2.05, 4.69) is 0 Å². The van der Waals surface area contributed by atoms with Crippen LogP contribution < -0.4 is 6.15 Å². The first-order valence-electron chi connectivity index (χ1n) is 0. The van der Waals surface area contributed by atoms with E-state index in [0.29, 0.717) is 0 Å². The molecule has 1 nitrogen and oxygen atoms in total. The Hall–Kier alpha value is 1.77. The summed E-state index contributed by atoms with van der Waals surface area (Å²) in [6.07, 6.45) is 0. The zero-order chi connectivity index (χ0) is 0. The molecule has 32 valence electrons. The summed E-state index contributed by atoms with van der Waals surface area (Å²) in [6, 6.07) is 0. The molecule has 0 aromatic rings. The Morgan fingerprint density at radius 3 is 1.00 bits per heavy atom. The molecule has 0 aromatic heterocycles. The zero-order valence-corrected chi connectivity index (χ0v) is 11.2. The molecule has 4 heavy (non-hydrogen) atoms. The minimum absolute atomic E-state index is 0. The first kappa shape index (κ1) is 42.0. The quantitative estimate of drug-likeness (QED) is 0.388. The van der Waals surface area contributed by atoms with Crippen LogP contribution in [0.25, 0.3) is 0 Å². The summed E-state index contributed by atoms with van der Waals surface area (Å²) in [5, 5.41) is 0. The van der Waals surface area contributed by atoms with Gasteiger partial charge in [0.15, 0.2) is 0 Å². The van der Waals surface area contributed by atoms with Crippen LogP contribution in [0.15, 0.2) is 0 Å². The van der Waals surface area contributed by atoms with Crippen molar-refractivity contribution in [2.45, 2.75) is 0 Å². The van der Waals surface area contributed by atoms with E-state index in [1.807, 2.05) is 0 Å². The molecule has 0 bridgehead atoms. The van der Waals surface area contributed by atoms with Crippen LogP contribution in [0.2, 0.25) is 0 Å². The van der Waals surface area contributed by atoms with Crippen LogP contribution in [0, 0.1) is 0 Å². The Kier molecular flexibility index (Phi) is 227. The Bertz CT molecular complexity index is 8.00. The normalized spacial score (nSPS) is 0. The van der Waals surface area contributed by atoms with Gasteiger partial charge in [-0.1, -0.05) is 0 Å². The number of hydrogen-bond donors (Lipinski definition) is 1. The standard InChI is InChI=1S/AsH3.H3N.H3P.Sb.3H/h3*1H3;;;;. The average molecular weight is 254 g/mol. The molecule has 0 spiro atoms. The van der Waals surface area contributed by atoms with Crippen LogP contribution in [0.3, 0.4) is 0 Å². The molecule has 4 heteroatoms. The third-order valence-corrected chi connectivity index (χ3v) is 0. The van der Waals surface area contributed by atoms with Gasteiger partial charge in [0.2, 0.25) is 0 Å². The van der Waals surface area contributed by atoms with E-state index in [0.717, 1.165) is 0 Å². The van der Waals surface area contributed by atoms with Gasteiger partial charge < -0.3 is 6.15 Å². The van der Waals surface area contributed by atoms with E-state index >= 15 is 0 Å². The van der Waals surface area contributed by atoms with Gasteiger partial charge in [0.1, 0.15) is 0 Å². The second-order valence-electron chi connectivity index (χ2n) is 0. The predicted molar refractivity (Wildman–Crippen MR) is 36.0 cm³/mol. The molecule has 0 aliphatic carbocycles. The molecule has 3 N–H and O–H groups in total. The molecule has 0 heterocycles. The summed E-state index contributed by atoms with van der Waals surface area (Å²) in [5.41, 5.74) is 0. The van der Waals surface area contributed by atoms with Crippen LogP contribution in [-0.4, -0.2) is 42.4 Å². The molecule has 0 radical (unpaired) electrons. The van der Waals surface area contributed by atoms with Crippen molar-refractivity contribution >= 4 is 52.3 Å². The van der Waals surface area contributed by atoms with Crippen LogP contribution in [0.5, 0.6) is 0 Å². The average Bonchev–Trinajstić information content (AvgIpc) is 0. The van der Waals surface area contributed by atoms with E-state index in [1.54, 1.807) is 0 Å². The van der Waals surface area contributed by atoms with Crippen LogP contribution in [-0.2, 0) is 0 Å². The van der Waals surface area contributed by atoms with Gasteiger partial charge in [-0.25, -0.2) is 0 Å². The molecule has 0 aliphatic heterocycles. The van der Waals surface area contributed by atoms with Gasteiger partial charge >= 0.3 is 42.4 Å². The van der Waals surface area contributed by atoms with Gasteiger partial charge in [0.25, 0.3) is 0 Å². The monoisotopic (exact) mass is 253 g/mol. The molecular weight excluding hydrogens is 242 g/mol. The molecule has 0 saturated carbocycles. The van der Waals surface area contributed by atoms with E-state index < -0.39 is 0 Å². The fraction of sp³-hybridized carbons (Fsp3) is 0. The molecule has 2 unspecified atom stereocenters. The van der Waals surface area contributed by atoms with Crippen molar-refractivity contribution in [3.63, 3.8) is 0 Å². The van der Waals surface area contributed by atoms with E-state index in [9.17, 15) is 0 Å². The van der Waals surface area contributed by atoms with E-state index in [4.69, 9.17) is 0 Å². The van der Waals surface area contributed by atoms with Crippen molar-refractivity contribution in [3.8, 4) is 0 Å². The van der Waals surface area contributed by atoms with Crippen molar-refractivity contribution in [1.82, 2.24) is 6.15 Å². The van der Waals surface area contributed by atoms with Crippen molar-refractivity contribution in [3.05, 3.63) is 0 Å².